The van der Waals surface area contributed by atoms with Crippen molar-refractivity contribution < 1.29 is 22.9 Å². The monoisotopic (exact) mass is 339 g/mol. The molecule has 1 aromatic heterocycles. The normalized spacial score (nSPS) is 14.6. The predicted octanol–water partition coefficient (Wildman–Crippen LogP) is 3.63. The molecule has 0 bridgehead atoms. The summed E-state index contributed by atoms with van der Waals surface area (Å²) < 4.78 is 40.6. The van der Waals surface area contributed by atoms with Gasteiger partial charge in [-0.25, -0.2) is 4.68 Å². The zero-order valence-electron chi connectivity index (χ0n) is 12.6. The van der Waals surface area contributed by atoms with Gasteiger partial charge in [0.1, 0.15) is 5.69 Å². The van der Waals surface area contributed by atoms with Crippen LogP contribution in [-0.2, 0) is 12.6 Å². The average molecular weight is 339 g/mol. The van der Waals surface area contributed by atoms with Crippen molar-refractivity contribution in [3.8, 4) is 5.69 Å². The first-order valence-electron chi connectivity index (χ1n) is 7.18. The van der Waals surface area contributed by atoms with Gasteiger partial charge in [-0.15, -0.1) is 0 Å². The van der Waals surface area contributed by atoms with Gasteiger partial charge in [0.25, 0.3) is 5.69 Å². The minimum Gasteiger partial charge on any atom is -0.294 e. The van der Waals surface area contributed by atoms with Crippen LogP contribution in [0.15, 0.2) is 18.2 Å². The summed E-state index contributed by atoms with van der Waals surface area (Å²) in [5, 5.41) is 14.8. The molecule has 6 nitrogen and oxygen atoms in total. The van der Waals surface area contributed by atoms with Crippen LogP contribution in [0.4, 0.5) is 18.9 Å². The highest BCUT2D eigenvalue weighted by Crippen LogP contribution is 2.38. The van der Waals surface area contributed by atoms with Gasteiger partial charge >= 0.3 is 6.18 Å². The number of nitro groups is 1. The van der Waals surface area contributed by atoms with E-state index in [4.69, 9.17) is 0 Å². The Morgan fingerprint density at radius 1 is 1.29 bits per heavy atom. The SMILES string of the molecule is Cc1ccc(-n2nc(C(F)(F)F)c3c2CCCC3=O)c([N+](=O)[O-])c1. The standard InChI is InChI=1S/C15H12F3N3O3/c1-8-5-6-9(11(7-8)21(23)24)20-10-3-2-4-12(22)13(10)14(19-20)15(16,17)18/h5-7H,2-4H2,1H3. The summed E-state index contributed by atoms with van der Waals surface area (Å²) in [4.78, 5) is 22.6. The zero-order valence-corrected chi connectivity index (χ0v) is 12.6. The number of hydrogen-bond acceptors (Lipinski definition) is 4. The van der Waals surface area contributed by atoms with Crippen molar-refractivity contribution in [2.24, 2.45) is 0 Å². The van der Waals surface area contributed by atoms with Crippen LogP contribution < -0.4 is 0 Å². The minimum absolute atomic E-state index is 0.0117. The number of benzene rings is 1. The summed E-state index contributed by atoms with van der Waals surface area (Å²) in [6, 6.07) is 4.16. The largest absolute Gasteiger partial charge is 0.435 e. The maximum atomic E-state index is 13.2. The van der Waals surface area contributed by atoms with E-state index in [1.54, 1.807) is 13.0 Å². The maximum absolute atomic E-state index is 13.2. The number of alkyl halides is 3. The number of nitrogens with zero attached hydrogens (tertiary/aromatic N) is 3. The molecule has 2 aromatic rings. The van der Waals surface area contributed by atoms with E-state index in [-0.39, 0.29) is 29.9 Å². The van der Waals surface area contributed by atoms with Gasteiger partial charge in [0.2, 0.25) is 0 Å². The average Bonchev–Trinajstić information content (AvgIpc) is 2.88. The van der Waals surface area contributed by atoms with Gasteiger partial charge in [-0.3, -0.25) is 14.9 Å². The minimum atomic E-state index is -4.80. The third kappa shape index (κ3) is 2.55. The number of halogens is 3. The molecule has 126 valence electrons. The van der Waals surface area contributed by atoms with Crippen molar-refractivity contribution in [2.45, 2.75) is 32.4 Å². The first-order valence-corrected chi connectivity index (χ1v) is 7.18. The summed E-state index contributed by atoms with van der Waals surface area (Å²) in [5.41, 5.74) is -1.51. The summed E-state index contributed by atoms with van der Waals surface area (Å²) in [6.45, 7) is 1.64. The van der Waals surface area contributed by atoms with Crippen LogP contribution in [0.2, 0.25) is 0 Å². The van der Waals surface area contributed by atoms with Gasteiger partial charge in [-0.05, 0) is 31.4 Å². The van der Waals surface area contributed by atoms with E-state index in [0.29, 0.717) is 12.0 Å². The fourth-order valence-corrected chi connectivity index (χ4v) is 2.87. The number of carbonyl (C=O) groups is 1. The molecule has 1 aliphatic carbocycles. The molecule has 1 aromatic carbocycles. The highest BCUT2D eigenvalue weighted by Gasteiger charge is 2.42. The van der Waals surface area contributed by atoms with Gasteiger partial charge in [0.05, 0.1) is 16.2 Å². The molecule has 0 fully saturated rings. The van der Waals surface area contributed by atoms with E-state index in [2.05, 4.69) is 5.10 Å². The lowest BCUT2D eigenvalue weighted by Gasteiger charge is -2.14. The highest BCUT2D eigenvalue weighted by atomic mass is 19.4. The molecular formula is C15H12F3N3O3. The van der Waals surface area contributed by atoms with Crippen LogP contribution in [0.1, 0.15) is 40.2 Å². The first-order chi connectivity index (χ1) is 11.2. The van der Waals surface area contributed by atoms with E-state index in [0.717, 1.165) is 4.68 Å². The molecule has 9 heteroatoms. The Bertz CT molecular complexity index is 856. The lowest BCUT2D eigenvalue weighted by Crippen LogP contribution is -2.16. The second-order valence-corrected chi connectivity index (χ2v) is 5.61. The Balaban J connectivity index is 2.31. The van der Waals surface area contributed by atoms with Gasteiger partial charge in [0, 0.05) is 12.5 Å². The highest BCUT2D eigenvalue weighted by molar-refractivity contribution is 5.99. The smallest absolute Gasteiger partial charge is 0.294 e. The maximum Gasteiger partial charge on any atom is 0.435 e. The second kappa shape index (κ2) is 5.43. The molecule has 0 unspecified atom stereocenters. The zero-order chi connectivity index (χ0) is 17.6. The summed E-state index contributed by atoms with van der Waals surface area (Å²) >= 11 is 0. The fraction of sp³-hybridized carbons (Fsp3) is 0.333. The summed E-state index contributed by atoms with van der Waals surface area (Å²) in [7, 11) is 0. The second-order valence-electron chi connectivity index (χ2n) is 5.61. The molecule has 0 N–H and O–H groups in total. The Kier molecular flexibility index (Phi) is 3.66. The van der Waals surface area contributed by atoms with Gasteiger partial charge in [-0.2, -0.15) is 18.3 Å². The van der Waals surface area contributed by atoms with Gasteiger partial charge < -0.3 is 0 Å². The van der Waals surface area contributed by atoms with Crippen LogP contribution in [0, 0.1) is 17.0 Å². The molecule has 0 aliphatic heterocycles. The van der Waals surface area contributed by atoms with Crippen molar-refractivity contribution in [3.63, 3.8) is 0 Å². The number of rotatable bonds is 2. The molecule has 0 radical (unpaired) electrons. The lowest BCUT2D eigenvalue weighted by atomic mass is 9.94. The van der Waals surface area contributed by atoms with E-state index < -0.39 is 28.1 Å². The van der Waals surface area contributed by atoms with Crippen LogP contribution in [0.25, 0.3) is 5.69 Å². The van der Waals surface area contributed by atoms with Crippen molar-refractivity contribution in [2.75, 3.05) is 0 Å². The first kappa shape index (κ1) is 16.2. The van der Waals surface area contributed by atoms with Crippen molar-refractivity contribution in [1.29, 1.82) is 0 Å². The Morgan fingerprint density at radius 2 is 2.00 bits per heavy atom. The van der Waals surface area contributed by atoms with Crippen LogP contribution >= 0.6 is 0 Å². The lowest BCUT2D eigenvalue weighted by molar-refractivity contribution is -0.384. The van der Waals surface area contributed by atoms with Crippen molar-refractivity contribution in [1.82, 2.24) is 9.78 Å². The van der Waals surface area contributed by atoms with E-state index in [1.165, 1.54) is 12.1 Å². The number of carbonyl (C=O) groups excluding carboxylic acids is 1. The Labute approximate surface area is 134 Å². The Hall–Kier alpha value is -2.71. The topological polar surface area (TPSA) is 78.0 Å². The van der Waals surface area contributed by atoms with Crippen molar-refractivity contribution in [3.05, 3.63) is 50.8 Å². The van der Waals surface area contributed by atoms with Gasteiger partial charge in [0.15, 0.2) is 11.5 Å². The molecule has 1 heterocycles. The molecule has 0 saturated heterocycles. The third-order valence-corrected chi connectivity index (χ3v) is 3.90. The molecule has 24 heavy (non-hydrogen) atoms. The number of nitro benzene ring substituents is 1. The molecule has 0 atom stereocenters. The van der Waals surface area contributed by atoms with Crippen LogP contribution in [0.3, 0.4) is 0 Å². The van der Waals surface area contributed by atoms with Gasteiger partial charge in [-0.1, -0.05) is 6.07 Å². The number of aromatic nitrogens is 2. The number of ketones is 1. The predicted molar refractivity (Wildman–Crippen MR) is 77.2 cm³/mol. The molecule has 0 spiro atoms. The number of aryl methyl sites for hydroxylation is 1. The molecule has 0 amide bonds. The molecule has 3 rings (SSSR count). The molecule has 1 aliphatic rings. The van der Waals surface area contributed by atoms with Crippen LogP contribution in [-0.4, -0.2) is 20.5 Å². The van der Waals surface area contributed by atoms with E-state index in [9.17, 15) is 28.1 Å². The van der Waals surface area contributed by atoms with E-state index in [1.807, 2.05) is 0 Å². The van der Waals surface area contributed by atoms with Crippen molar-refractivity contribution >= 4 is 11.5 Å². The number of hydrogen-bond donors (Lipinski definition) is 0. The number of Topliss-reactive ketones (excluding diaryl/α,β-unsaturated/α-hetero) is 1. The Morgan fingerprint density at radius 3 is 2.62 bits per heavy atom. The fourth-order valence-electron chi connectivity index (χ4n) is 2.87. The summed E-state index contributed by atoms with van der Waals surface area (Å²) in [5.74, 6) is -0.635. The number of fused-ring (bicyclic) bond motifs is 1. The van der Waals surface area contributed by atoms with Crippen LogP contribution in [0.5, 0.6) is 0 Å². The quantitative estimate of drug-likeness (QED) is 0.618. The third-order valence-electron chi connectivity index (χ3n) is 3.90. The molecule has 0 saturated carbocycles. The molecular weight excluding hydrogens is 327 g/mol. The van der Waals surface area contributed by atoms with E-state index >= 15 is 0 Å². The summed E-state index contributed by atoms with van der Waals surface area (Å²) in [6.07, 6.45) is -4.21.